The van der Waals surface area contributed by atoms with Crippen LogP contribution in [0.5, 0.6) is 0 Å². The predicted octanol–water partition coefficient (Wildman–Crippen LogP) is 15.8. The van der Waals surface area contributed by atoms with E-state index in [4.69, 9.17) is 9.40 Å². The maximum atomic E-state index is 6.39. The number of aromatic nitrogens is 2. The third-order valence-electron chi connectivity index (χ3n) is 11.6. The first-order valence-electron chi connectivity index (χ1n) is 20.2. The average Bonchev–Trinajstić information content (AvgIpc) is 4.00. The lowest BCUT2D eigenvalue weighted by Gasteiger charge is -2.26. The largest absolute Gasteiger partial charge is 0.456 e. The molecule has 3 heterocycles. The van der Waals surface area contributed by atoms with Crippen LogP contribution in [0.15, 0.2) is 217 Å². The van der Waals surface area contributed by atoms with Gasteiger partial charge in [0.05, 0.1) is 21.3 Å². The molecule has 60 heavy (non-hydrogen) atoms. The van der Waals surface area contributed by atoms with Gasteiger partial charge in [-0.1, -0.05) is 127 Å². The molecule has 0 amide bonds. The van der Waals surface area contributed by atoms with Crippen molar-refractivity contribution in [2.24, 2.45) is 0 Å². The molecule has 0 fully saturated rings. The van der Waals surface area contributed by atoms with Gasteiger partial charge in [0.25, 0.3) is 0 Å². The van der Waals surface area contributed by atoms with Gasteiger partial charge in [0.2, 0.25) is 0 Å². The van der Waals surface area contributed by atoms with Crippen LogP contribution in [-0.2, 0) is 0 Å². The van der Waals surface area contributed by atoms with Gasteiger partial charge in [-0.05, 0) is 101 Å². The third kappa shape index (κ3) is 5.78. The Kier molecular flexibility index (Phi) is 8.00. The highest BCUT2D eigenvalue weighted by molar-refractivity contribution is 7.21. The minimum Gasteiger partial charge on any atom is -0.456 e. The van der Waals surface area contributed by atoms with Crippen molar-refractivity contribution in [3.8, 4) is 38.5 Å². The summed E-state index contributed by atoms with van der Waals surface area (Å²) in [4.78, 5) is 7.31. The van der Waals surface area contributed by atoms with Crippen LogP contribution >= 0.6 is 11.3 Å². The summed E-state index contributed by atoms with van der Waals surface area (Å²) in [7, 11) is 0. The Morgan fingerprint density at radius 1 is 0.400 bits per heavy atom. The van der Waals surface area contributed by atoms with Crippen LogP contribution in [0.2, 0.25) is 0 Å². The van der Waals surface area contributed by atoms with Gasteiger partial charge in [0.1, 0.15) is 16.2 Å². The molecule has 12 aromatic rings. The van der Waals surface area contributed by atoms with Gasteiger partial charge in [0.15, 0.2) is 0 Å². The van der Waals surface area contributed by atoms with Crippen LogP contribution in [0.4, 0.5) is 17.1 Å². The lowest BCUT2D eigenvalue weighted by atomic mass is 10.0. The molecule has 0 aliphatic heterocycles. The zero-order chi connectivity index (χ0) is 39.6. The molecule has 0 spiro atoms. The number of benzene rings is 9. The van der Waals surface area contributed by atoms with E-state index < -0.39 is 0 Å². The lowest BCUT2D eigenvalue weighted by Crippen LogP contribution is -2.10. The van der Waals surface area contributed by atoms with E-state index in [2.05, 4.69) is 216 Å². The fourth-order valence-electron chi connectivity index (χ4n) is 8.72. The van der Waals surface area contributed by atoms with Crippen LogP contribution in [0.3, 0.4) is 0 Å². The van der Waals surface area contributed by atoms with Gasteiger partial charge in [-0.15, -0.1) is 11.3 Å². The van der Waals surface area contributed by atoms with Crippen molar-refractivity contribution in [2.75, 3.05) is 4.90 Å². The summed E-state index contributed by atoms with van der Waals surface area (Å²) in [5.41, 5.74) is 15.3. The number of rotatable bonds is 7. The molecule has 0 N–H and O–H groups in total. The van der Waals surface area contributed by atoms with Crippen molar-refractivity contribution in [1.82, 2.24) is 9.55 Å². The summed E-state index contributed by atoms with van der Waals surface area (Å²) in [6, 6.07) is 75.8. The minimum atomic E-state index is 0.854. The monoisotopic (exact) mass is 785 g/mol. The van der Waals surface area contributed by atoms with E-state index in [-0.39, 0.29) is 0 Å². The van der Waals surface area contributed by atoms with Gasteiger partial charge in [0, 0.05) is 55.9 Å². The van der Waals surface area contributed by atoms with Crippen LogP contribution in [0.25, 0.3) is 92.5 Å². The Balaban J connectivity index is 0.953. The number of anilines is 3. The summed E-state index contributed by atoms with van der Waals surface area (Å²) >= 11 is 1.72. The molecule has 9 aromatic carbocycles. The molecular weight excluding hydrogens is 751 g/mol. The number of hydrogen-bond acceptors (Lipinski definition) is 4. The van der Waals surface area contributed by atoms with E-state index >= 15 is 0 Å². The van der Waals surface area contributed by atoms with Crippen molar-refractivity contribution in [3.63, 3.8) is 0 Å². The highest BCUT2D eigenvalue weighted by atomic mass is 32.1. The van der Waals surface area contributed by atoms with Crippen LogP contribution in [-0.4, -0.2) is 9.55 Å². The van der Waals surface area contributed by atoms with Crippen molar-refractivity contribution < 1.29 is 4.42 Å². The van der Waals surface area contributed by atoms with Crippen molar-refractivity contribution >= 4 is 82.4 Å². The molecule has 282 valence electrons. The van der Waals surface area contributed by atoms with Crippen LogP contribution in [0, 0.1) is 0 Å². The van der Waals surface area contributed by atoms with E-state index in [9.17, 15) is 0 Å². The van der Waals surface area contributed by atoms with E-state index in [1.54, 1.807) is 11.3 Å². The summed E-state index contributed by atoms with van der Waals surface area (Å²) in [6.45, 7) is 0. The van der Waals surface area contributed by atoms with Gasteiger partial charge in [-0.3, -0.25) is 0 Å². The molecule has 0 bridgehead atoms. The second kappa shape index (κ2) is 14.0. The first-order chi connectivity index (χ1) is 29.7. The number of fused-ring (bicyclic) bond motifs is 7. The summed E-state index contributed by atoms with van der Waals surface area (Å²) in [5.74, 6) is 0. The molecule has 5 heteroatoms. The van der Waals surface area contributed by atoms with E-state index in [0.29, 0.717) is 0 Å². The maximum absolute atomic E-state index is 6.39. The van der Waals surface area contributed by atoms with Crippen LogP contribution < -0.4 is 4.90 Å². The standard InChI is InChI=1S/C55H35N3OS/c1-4-12-36(13-5-1)37-20-25-42(26-21-37)57(44-29-30-51-46(33-44)45-18-10-11-19-50(45)58(51)41-16-8-3-9-17-41)43-27-22-38(23-28-43)40-24-31-52-47(32-40)48-34-54-49(35-53(48)59-52)56-55(60-54)39-14-6-2-7-15-39/h1-35H. The smallest absolute Gasteiger partial charge is 0.137 e. The molecule has 3 aromatic heterocycles. The number of hydrogen-bond donors (Lipinski definition) is 0. The molecule has 12 rings (SSSR count). The quantitative estimate of drug-likeness (QED) is 0.161. The Morgan fingerprint density at radius 2 is 0.967 bits per heavy atom. The maximum Gasteiger partial charge on any atom is 0.137 e. The Morgan fingerprint density at radius 3 is 1.70 bits per heavy atom. The molecule has 0 unspecified atom stereocenters. The number of nitrogens with zero attached hydrogens (tertiary/aromatic N) is 3. The molecule has 0 saturated carbocycles. The first kappa shape index (κ1) is 34.3. The molecule has 0 aliphatic rings. The second-order valence-electron chi connectivity index (χ2n) is 15.2. The Labute approximate surface area is 350 Å². The number of para-hydroxylation sites is 2. The summed E-state index contributed by atoms with van der Waals surface area (Å²) in [6.07, 6.45) is 0. The van der Waals surface area contributed by atoms with Gasteiger partial charge in [-0.2, -0.15) is 0 Å². The van der Waals surface area contributed by atoms with Gasteiger partial charge in [-0.25, -0.2) is 4.98 Å². The number of thiazole rings is 1. The van der Waals surface area contributed by atoms with E-state index in [1.165, 1.54) is 32.9 Å². The van der Waals surface area contributed by atoms with Gasteiger partial charge < -0.3 is 13.9 Å². The first-order valence-corrected chi connectivity index (χ1v) is 21.0. The average molecular weight is 786 g/mol. The van der Waals surface area contributed by atoms with Crippen molar-refractivity contribution in [3.05, 3.63) is 212 Å². The molecule has 0 saturated heterocycles. The predicted molar refractivity (Wildman–Crippen MR) is 252 cm³/mol. The Bertz CT molecular complexity index is 3510. The van der Waals surface area contributed by atoms with Gasteiger partial charge >= 0.3 is 0 Å². The topological polar surface area (TPSA) is 34.2 Å². The SMILES string of the molecule is c1ccc(-c2ccc(N(c3ccc(-c4ccc5oc6cc7nc(-c8ccccc8)sc7cc6c5c4)cc3)c3ccc4c(c3)c3ccccc3n4-c3ccccc3)cc2)cc1. The third-order valence-corrected chi connectivity index (χ3v) is 12.7. The highest BCUT2D eigenvalue weighted by Gasteiger charge is 2.19. The van der Waals surface area contributed by atoms with Crippen molar-refractivity contribution in [2.45, 2.75) is 0 Å². The molecular formula is C55H35N3OS. The molecule has 0 radical (unpaired) electrons. The molecule has 0 aliphatic carbocycles. The summed E-state index contributed by atoms with van der Waals surface area (Å²) < 4.78 is 9.91. The normalized spacial score (nSPS) is 11.7. The number of furan rings is 1. The molecule has 4 nitrogen and oxygen atoms in total. The summed E-state index contributed by atoms with van der Waals surface area (Å²) in [5, 5.41) is 5.66. The van der Waals surface area contributed by atoms with E-state index in [1.807, 2.05) is 6.07 Å². The van der Waals surface area contributed by atoms with Crippen LogP contribution in [0.1, 0.15) is 0 Å². The van der Waals surface area contributed by atoms with Crippen molar-refractivity contribution in [1.29, 1.82) is 0 Å². The highest BCUT2D eigenvalue weighted by Crippen LogP contribution is 2.42. The second-order valence-corrected chi connectivity index (χ2v) is 16.2. The fourth-order valence-corrected chi connectivity index (χ4v) is 9.71. The fraction of sp³-hybridized carbons (Fsp3) is 0. The zero-order valence-electron chi connectivity index (χ0n) is 32.4. The Hall–Kier alpha value is -7.73. The molecule has 0 atom stereocenters. The zero-order valence-corrected chi connectivity index (χ0v) is 33.2. The van der Waals surface area contributed by atoms with E-state index in [0.717, 1.165) is 76.6 Å². The lowest BCUT2D eigenvalue weighted by molar-refractivity contribution is 0.669. The minimum absolute atomic E-state index is 0.854.